The number of aromatic carboxylic acids is 1. The molecule has 9 heteroatoms. The molecule has 34 heavy (non-hydrogen) atoms. The molecule has 2 heterocycles. The Bertz CT molecular complexity index is 1430. The lowest BCUT2D eigenvalue weighted by Crippen LogP contribution is -2.28. The van der Waals surface area contributed by atoms with Gasteiger partial charge in [-0.1, -0.05) is 60.4 Å². The zero-order valence-electron chi connectivity index (χ0n) is 17.6. The molecular weight excluding hydrogens is 470 g/mol. The summed E-state index contributed by atoms with van der Waals surface area (Å²) in [5.41, 5.74) is 3.40. The maximum Gasteiger partial charge on any atom is 0.335 e. The highest BCUT2D eigenvalue weighted by Crippen LogP contribution is 2.35. The number of nitrogens with one attached hydrogen (secondary N) is 1. The predicted octanol–water partition coefficient (Wildman–Crippen LogP) is 5.25. The minimum Gasteiger partial charge on any atom is -0.489 e. The fourth-order valence-electron chi connectivity index (χ4n) is 3.47. The SMILES string of the molecule is O=C(O)c1cccc(COc2ccc(/C=C3/SC(=S)N(c4nc5ccccc5[nH]4)C3=O)cc2)c1. The Morgan fingerprint density at radius 2 is 1.91 bits per heavy atom. The van der Waals surface area contributed by atoms with E-state index in [9.17, 15) is 9.59 Å². The van der Waals surface area contributed by atoms with Crippen LogP contribution in [0.15, 0.2) is 77.7 Å². The zero-order chi connectivity index (χ0) is 23.7. The normalized spacial score (nSPS) is 14.8. The highest BCUT2D eigenvalue weighted by atomic mass is 32.2. The first kappa shape index (κ1) is 21.9. The third-order valence-corrected chi connectivity index (χ3v) is 6.44. The molecule has 0 bridgehead atoms. The van der Waals surface area contributed by atoms with E-state index >= 15 is 0 Å². The van der Waals surface area contributed by atoms with Crippen molar-refractivity contribution in [3.05, 3.63) is 94.4 Å². The second-order valence-corrected chi connectivity index (χ2v) is 9.13. The first-order valence-corrected chi connectivity index (χ1v) is 11.5. The van der Waals surface area contributed by atoms with E-state index in [1.807, 2.05) is 42.5 Å². The molecule has 1 amide bonds. The van der Waals surface area contributed by atoms with Crippen LogP contribution in [0, 0.1) is 0 Å². The van der Waals surface area contributed by atoms with E-state index in [4.69, 9.17) is 22.1 Å². The number of carbonyl (C=O) groups excluding carboxylic acids is 1. The van der Waals surface area contributed by atoms with Crippen molar-refractivity contribution in [2.45, 2.75) is 6.61 Å². The first-order valence-electron chi connectivity index (χ1n) is 10.3. The van der Waals surface area contributed by atoms with Crippen molar-refractivity contribution in [1.29, 1.82) is 0 Å². The molecule has 3 aromatic carbocycles. The zero-order valence-corrected chi connectivity index (χ0v) is 19.2. The first-order chi connectivity index (χ1) is 16.5. The monoisotopic (exact) mass is 487 g/mol. The molecule has 0 spiro atoms. The molecule has 7 nitrogen and oxygen atoms in total. The Balaban J connectivity index is 1.28. The Morgan fingerprint density at radius 3 is 2.68 bits per heavy atom. The van der Waals surface area contributed by atoms with Crippen LogP contribution in [0.25, 0.3) is 17.1 Å². The number of aromatic nitrogens is 2. The van der Waals surface area contributed by atoms with E-state index in [2.05, 4.69) is 9.97 Å². The average Bonchev–Trinajstić information content (AvgIpc) is 3.38. The second kappa shape index (κ2) is 9.12. The molecule has 0 aliphatic carbocycles. The summed E-state index contributed by atoms with van der Waals surface area (Å²) in [7, 11) is 0. The van der Waals surface area contributed by atoms with E-state index < -0.39 is 5.97 Å². The number of nitrogens with zero attached hydrogens (tertiary/aromatic N) is 2. The Kier molecular flexibility index (Phi) is 5.87. The Labute approximate surface area is 204 Å². The molecule has 1 saturated heterocycles. The lowest BCUT2D eigenvalue weighted by molar-refractivity contribution is -0.113. The fourth-order valence-corrected chi connectivity index (χ4v) is 4.73. The Morgan fingerprint density at radius 1 is 1.12 bits per heavy atom. The van der Waals surface area contributed by atoms with Gasteiger partial charge in [-0.25, -0.2) is 14.7 Å². The summed E-state index contributed by atoms with van der Waals surface area (Å²) in [5, 5.41) is 9.10. The van der Waals surface area contributed by atoms with Crippen molar-refractivity contribution in [2.24, 2.45) is 0 Å². The molecule has 1 aliphatic heterocycles. The van der Waals surface area contributed by atoms with Gasteiger partial charge in [-0.15, -0.1) is 0 Å². The third kappa shape index (κ3) is 4.43. The molecule has 4 aromatic rings. The molecule has 5 rings (SSSR count). The van der Waals surface area contributed by atoms with Gasteiger partial charge in [0.05, 0.1) is 21.5 Å². The van der Waals surface area contributed by atoms with Gasteiger partial charge in [0.25, 0.3) is 5.91 Å². The third-order valence-electron chi connectivity index (χ3n) is 5.14. The maximum atomic E-state index is 13.0. The van der Waals surface area contributed by atoms with E-state index in [-0.39, 0.29) is 18.1 Å². The number of thioether (sulfide) groups is 1. The number of para-hydroxylation sites is 2. The van der Waals surface area contributed by atoms with Crippen LogP contribution in [0.2, 0.25) is 0 Å². The number of imidazole rings is 1. The van der Waals surface area contributed by atoms with E-state index in [1.165, 1.54) is 22.7 Å². The quantitative estimate of drug-likeness (QED) is 0.283. The number of H-pyrrole nitrogens is 1. The number of carbonyl (C=O) groups is 2. The molecule has 0 radical (unpaired) electrons. The molecule has 1 aliphatic rings. The van der Waals surface area contributed by atoms with Gasteiger partial charge in [0, 0.05) is 0 Å². The second-order valence-electron chi connectivity index (χ2n) is 7.46. The Hall–Kier alpha value is -3.95. The van der Waals surface area contributed by atoms with Crippen LogP contribution in [0.5, 0.6) is 5.75 Å². The molecule has 168 valence electrons. The number of hydrogen-bond acceptors (Lipinski definition) is 6. The summed E-state index contributed by atoms with van der Waals surface area (Å²) in [4.78, 5) is 33.7. The van der Waals surface area contributed by atoms with Crippen molar-refractivity contribution >= 4 is 63.2 Å². The topological polar surface area (TPSA) is 95.5 Å². The number of amides is 1. The van der Waals surface area contributed by atoms with Crippen molar-refractivity contribution in [3.8, 4) is 5.75 Å². The minimum atomic E-state index is -0.975. The summed E-state index contributed by atoms with van der Waals surface area (Å²) in [6.45, 7) is 0.247. The molecule has 0 saturated carbocycles. The number of rotatable bonds is 6. The number of aromatic amines is 1. The average molecular weight is 488 g/mol. The standard InChI is InChI=1S/C25H17N3O4S2/c29-22-21(34-25(33)28(22)24-26-19-6-1-2-7-20(19)27-24)13-15-8-10-18(11-9-15)32-14-16-4-3-5-17(12-16)23(30)31/h1-13H,14H2,(H,26,27)(H,30,31)/b21-13+. The van der Waals surface area contributed by atoms with Gasteiger partial charge in [-0.2, -0.15) is 0 Å². The number of carboxylic acid groups (broad SMARTS) is 1. The van der Waals surface area contributed by atoms with Gasteiger partial charge in [0.2, 0.25) is 5.95 Å². The van der Waals surface area contributed by atoms with Crippen molar-refractivity contribution in [3.63, 3.8) is 0 Å². The van der Waals surface area contributed by atoms with Crippen molar-refractivity contribution in [2.75, 3.05) is 4.90 Å². The summed E-state index contributed by atoms with van der Waals surface area (Å²) < 4.78 is 6.18. The number of benzene rings is 3. The van der Waals surface area contributed by atoms with Crippen LogP contribution in [0.4, 0.5) is 5.95 Å². The van der Waals surface area contributed by atoms with Gasteiger partial charge in [-0.3, -0.25) is 4.79 Å². The molecule has 0 atom stereocenters. The van der Waals surface area contributed by atoms with Gasteiger partial charge in [0.1, 0.15) is 12.4 Å². The van der Waals surface area contributed by atoms with Gasteiger partial charge in [0.15, 0.2) is 4.32 Å². The van der Waals surface area contributed by atoms with Crippen LogP contribution in [-0.2, 0) is 11.4 Å². The van der Waals surface area contributed by atoms with Crippen LogP contribution >= 0.6 is 24.0 Å². The smallest absolute Gasteiger partial charge is 0.335 e. The fraction of sp³-hybridized carbons (Fsp3) is 0.0400. The van der Waals surface area contributed by atoms with Gasteiger partial charge in [-0.05, 0) is 53.6 Å². The van der Waals surface area contributed by atoms with Crippen LogP contribution in [0.3, 0.4) is 0 Å². The number of carboxylic acids is 1. The lowest BCUT2D eigenvalue weighted by atomic mass is 10.1. The number of thiocarbonyl (C=S) groups is 1. The van der Waals surface area contributed by atoms with E-state index in [0.29, 0.717) is 20.9 Å². The highest BCUT2D eigenvalue weighted by Gasteiger charge is 2.35. The maximum absolute atomic E-state index is 13.0. The molecule has 1 fully saturated rings. The molecule has 2 N–H and O–H groups in total. The van der Waals surface area contributed by atoms with E-state index in [1.54, 1.807) is 30.3 Å². The van der Waals surface area contributed by atoms with Gasteiger partial charge < -0.3 is 14.8 Å². The minimum absolute atomic E-state index is 0.219. The summed E-state index contributed by atoms with van der Waals surface area (Å²) in [6, 6.07) is 21.5. The number of hydrogen-bond donors (Lipinski definition) is 2. The summed E-state index contributed by atoms with van der Waals surface area (Å²) >= 11 is 6.66. The molecular formula is C25H17N3O4S2. The van der Waals surface area contributed by atoms with Crippen LogP contribution in [0.1, 0.15) is 21.5 Å². The van der Waals surface area contributed by atoms with Crippen LogP contribution < -0.4 is 9.64 Å². The lowest BCUT2D eigenvalue weighted by Gasteiger charge is -2.09. The number of anilines is 1. The van der Waals surface area contributed by atoms with Crippen LogP contribution in [-0.4, -0.2) is 31.3 Å². The molecule has 1 aromatic heterocycles. The summed E-state index contributed by atoms with van der Waals surface area (Å²) in [5.74, 6) is -0.167. The van der Waals surface area contributed by atoms with E-state index in [0.717, 1.165) is 22.2 Å². The molecule has 0 unspecified atom stereocenters. The largest absolute Gasteiger partial charge is 0.489 e. The highest BCUT2D eigenvalue weighted by molar-refractivity contribution is 8.27. The van der Waals surface area contributed by atoms with Crippen molar-refractivity contribution in [1.82, 2.24) is 9.97 Å². The number of ether oxygens (including phenoxy) is 1. The van der Waals surface area contributed by atoms with Gasteiger partial charge >= 0.3 is 5.97 Å². The number of fused-ring (bicyclic) bond motifs is 1. The summed E-state index contributed by atoms with van der Waals surface area (Å²) in [6.07, 6.45) is 1.78. The van der Waals surface area contributed by atoms with Crippen molar-refractivity contribution < 1.29 is 19.4 Å². The predicted molar refractivity (Wildman–Crippen MR) is 136 cm³/mol.